The maximum absolute atomic E-state index is 12.8. The Labute approximate surface area is 174 Å². The molecule has 1 N–H and O–H groups in total. The molecule has 1 aromatic carbocycles. The standard InChI is InChI=1S/C23H24N6O/c1-16-4-5-20-19(11-16)22(17-6-8-24-9-7-17)23(27-20)18-3-2-10-28(12-18)21(30)13-29-15-25-14-26-29/h4-9,11,14-15,18,27H,2-3,10,12-13H2,1H3. The number of aromatic nitrogens is 5. The zero-order valence-corrected chi connectivity index (χ0v) is 17.0. The minimum Gasteiger partial charge on any atom is -0.358 e. The lowest BCUT2D eigenvalue weighted by atomic mass is 9.89. The SMILES string of the molecule is Cc1ccc2[nH]c(C3CCCN(C(=O)Cn4cncn4)C3)c(-c3ccncc3)c2c1. The minimum atomic E-state index is 0.0858. The summed E-state index contributed by atoms with van der Waals surface area (Å²) >= 11 is 0. The van der Waals surface area contributed by atoms with Crippen molar-refractivity contribution in [2.24, 2.45) is 0 Å². The maximum Gasteiger partial charge on any atom is 0.244 e. The van der Waals surface area contributed by atoms with Gasteiger partial charge in [-0.25, -0.2) is 9.67 Å². The molecule has 1 saturated heterocycles. The van der Waals surface area contributed by atoms with Crippen LogP contribution in [0.1, 0.15) is 30.0 Å². The molecule has 152 valence electrons. The van der Waals surface area contributed by atoms with E-state index in [9.17, 15) is 4.79 Å². The van der Waals surface area contributed by atoms with Crippen molar-refractivity contribution in [1.29, 1.82) is 0 Å². The number of fused-ring (bicyclic) bond motifs is 1. The first-order chi connectivity index (χ1) is 14.7. The number of nitrogens with one attached hydrogen (secondary N) is 1. The Morgan fingerprint density at radius 3 is 2.87 bits per heavy atom. The number of carbonyl (C=O) groups is 1. The number of H-pyrrole nitrogens is 1. The van der Waals surface area contributed by atoms with E-state index in [1.807, 2.05) is 17.3 Å². The fourth-order valence-corrected chi connectivity index (χ4v) is 4.45. The fourth-order valence-electron chi connectivity index (χ4n) is 4.45. The normalized spacial score (nSPS) is 16.8. The van der Waals surface area contributed by atoms with Crippen molar-refractivity contribution in [3.8, 4) is 11.1 Å². The van der Waals surface area contributed by atoms with E-state index in [1.165, 1.54) is 28.5 Å². The van der Waals surface area contributed by atoms with Gasteiger partial charge in [0.15, 0.2) is 0 Å². The number of carbonyl (C=O) groups excluding carboxylic acids is 1. The molecule has 0 saturated carbocycles. The Morgan fingerprint density at radius 1 is 1.20 bits per heavy atom. The molecule has 1 aliphatic heterocycles. The highest BCUT2D eigenvalue weighted by molar-refractivity contribution is 5.98. The second kappa shape index (κ2) is 7.74. The molecular formula is C23H24N6O. The third-order valence-electron chi connectivity index (χ3n) is 5.90. The highest BCUT2D eigenvalue weighted by atomic mass is 16.2. The van der Waals surface area contributed by atoms with Crippen molar-refractivity contribution in [2.45, 2.75) is 32.2 Å². The van der Waals surface area contributed by atoms with Crippen LogP contribution in [0.5, 0.6) is 0 Å². The Hall–Kier alpha value is -3.48. The molecule has 7 heteroatoms. The number of hydrogen-bond donors (Lipinski definition) is 1. The van der Waals surface area contributed by atoms with Crippen LogP contribution in [-0.4, -0.2) is 48.6 Å². The van der Waals surface area contributed by atoms with Crippen molar-refractivity contribution in [3.63, 3.8) is 0 Å². The van der Waals surface area contributed by atoms with Crippen molar-refractivity contribution in [3.05, 3.63) is 66.6 Å². The van der Waals surface area contributed by atoms with Crippen LogP contribution in [0.3, 0.4) is 0 Å². The van der Waals surface area contributed by atoms with E-state index in [4.69, 9.17) is 0 Å². The lowest BCUT2D eigenvalue weighted by Gasteiger charge is -2.33. The summed E-state index contributed by atoms with van der Waals surface area (Å²) in [5.74, 6) is 0.344. The van der Waals surface area contributed by atoms with Gasteiger partial charge in [-0.2, -0.15) is 5.10 Å². The number of aryl methyl sites for hydroxylation is 1. The number of benzene rings is 1. The van der Waals surface area contributed by atoms with E-state index >= 15 is 0 Å². The number of nitrogens with zero attached hydrogens (tertiary/aromatic N) is 5. The summed E-state index contributed by atoms with van der Waals surface area (Å²) in [5, 5.41) is 5.29. The maximum atomic E-state index is 12.8. The van der Waals surface area contributed by atoms with Crippen LogP contribution in [-0.2, 0) is 11.3 Å². The van der Waals surface area contributed by atoms with Gasteiger partial charge in [-0.1, -0.05) is 11.6 Å². The van der Waals surface area contributed by atoms with Gasteiger partial charge < -0.3 is 9.88 Å². The van der Waals surface area contributed by atoms with Gasteiger partial charge in [-0.05, 0) is 49.6 Å². The van der Waals surface area contributed by atoms with Crippen molar-refractivity contribution < 1.29 is 4.79 Å². The predicted molar refractivity (Wildman–Crippen MR) is 115 cm³/mol. The number of likely N-dealkylation sites (tertiary alicyclic amines) is 1. The molecule has 0 spiro atoms. The van der Waals surface area contributed by atoms with Crippen LogP contribution >= 0.6 is 0 Å². The molecule has 1 aliphatic rings. The summed E-state index contributed by atoms with van der Waals surface area (Å²) in [5.41, 5.74) is 5.96. The Balaban J connectivity index is 1.50. The van der Waals surface area contributed by atoms with E-state index in [0.29, 0.717) is 6.54 Å². The first-order valence-corrected chi connectivity index (χ1v) is 10.3. The zero-order valence-electron chi connectivity index (χ0n) is 17.0. The van der Waals surface area contributed by atoms with Crippen LogP contribution in [0.15, 0.2) is 55.4 Å². The van der Waals surface area contributed by atoms with E-state index in [0.717, 1.165) is 30.5 Å². The van der Waals surface area contributed by atoms with Crippen LogP contribution in [0.25, 0.3) is 22.0 Å². The molecule has 1 unspecified atom stereocenters. The van der Waals surface area contributed by atoms with E-state index in [2.05, 4.69) is 57.3 Å². The Kier molecular flexibility index (Phi) is 4.78. The molecule has 4 aromatic rings. The largest absolute Gasteiger partial charge is 0.358 e. The topological polar surface area (TPSA) is 79.7 Å². The number of hydrogen-bond acceptors (Lipinski definition) is 4. The first kappa shape index (κ1) is 18.5. The molecule has 3 aromatic heterocycles. The molecule has 4 heterocycles. The third-order valence-corrected chi connectivity index (χ3v) is 5.90. The summed E-state index contributed by atoms with van der Waals surface area (Å²) < 4.78 is 1.58. The average molecular weight is 400 g/mol. The summed E-state index contributed by atoms with van der Waals surface area (Å²) in [6.07, 6.45) is 8.75. The predicted octanol–water partition coefficient (Wildman–Crippen LogP) is 3.54. The molecule has 5 rings (SSSR count). The average Bonchev–Trinajstić information content (AvgIpc) is 3.42. The third kappa shape index (κ3) is 3.47. The summed E-state index contributed by atoms with van der Waals surface area (Å²) in [7, 11) is 0. The molecule has 30 heavy (non-hydrogen) atoms. The lowest BCUT2D eigenvalue weighted by molar-refractivity contribution is -0.133. The monoisotopic (exact) mass is 400 g/mol. The van der Waals surface area contributed by atoms with Gasteiger partial charge in [-0.3, -0.25) is 9.78 Å². The zero-order chi connectivity index (χ0) is 20.5. The second-order valence-electron chi connectivity index (χ2n) is 7.97. The second-order valence-corrected chi connectivity index (χ2v) is 7.97. The molecule has 7 nitrogen and oxygen atoms in total. The minimum absolute atomic E-state index is 0.0858. The molecule has 0 radical (unpaired) electrons. The van der Waals surface area contributed by atoms with E-state index < -0.39 is 0 Å². The van der Waals surface area contributed by atoms with Gasteiger partial charge >= 0.3 is 0 Å². The molecular weight excluding hydrogens is 376 g/mol. The molecule has 0 aliphatic carbocycles. The molecule has 1 atom stereocenters. The van der Waals surface area contributed by atoms with Gasteiger partial charge in [0.25, 0.3) is 0 Å². The summed E-state index contributed by atoms with van der Waals surface area (Å²) in [6, 6.07) is 10.6. The number of rotatable bonds is 4. The van der Waals surface area contributed by atoms with Gasteiger partial charge in [0.05, 0.1) is 0 Å². The smallest absolute Gasteiger partial charge is 0.244 e. The molecule has 1 fully saturated rings. The van der Waals surface area contributed by atoms with E-state index in [-0.39, 0.29) is 18.4 Å². The Morgan fingerprint density at radius 2 is 2.07 bits per heavy atom. The highest BCUT2D eigenvalue weighted by Gasteiger charge is 2.28. The number of piperidine rings is 1. The summed E-state index contributed by atoms with van der Waals surface area (Å²) in [4.78, 5) is 26.6. The van der Waals surface area contributed by atoms with Crippen LogP contribution in [0.4, 0.5) is 0 Å². The van der Waals surface area contributed by atoms with Crippen LogP contribution < -0.4 is 0 Å². The van der Waals surface area contributed by atoms with Gasteiger partial charge in [0, 0.05) is 53.6 Å². The molecule has 0 bridgehead atoms. The lowest BCUT2D eigenvalue weighted by Crippen LogP contribution is -2.41. The van der Waals surface area contributed by atoms with Crippen molar-refractivity contribution >= 4 is 16.8 Å². The molecule has 1 amide bonds. The van der Waals surface area contributed by atoms with Crippen LogP contribution in [0, 0.1) is 6.92 Å². The van der Waals surface area contributed by atoms with Gasteiger partial charge in [0.1, 0.15) is 19.2 Å². The van der Waals surface area contributed by atoms with Gasteiger partial charge in [-0.15, -0.1) is 0 Å². The van der Waals surface area contributed by atoms with Crippen molar-refractivity contribution in [1.82, 2.24) is 29.6 Å². The van der Waals surface area contributed by atoms with Crippen LogP contribution in [0.2, 0.25) is 0 Å². The highest BCUT2D eigenvalue weighted by Crippen LogP contribution is 2.39. The van der Waals surface area contributed by atoms with E-state index in [1.54, 1.807) is 11.0 Å². The quantitative estimate of drug-likeness (QED) is 0.568. The fraction of sp³-hybridized carbons (Fsp3) is 0.304. The first-order valence-electron chi connectivity index (χ1n) is 10.3. The Bertz CT molecular complexity index is 1170. The number of pyridine rings is 1. The van der Waals surface area contributed by atoms with Gasteiger partial charge in [0.2, 0.25) is 5.91 Å². The number of amides is 1. The summed E-state index contributed by atoms with van der Waals surface area (Å²) in [6.45, 7) is 3.84. The van der Waals surface area contributed by atoms with Crippen molar-refractivity contribution in [2.75, 3.05) is 13.1 Å². The number of aromatic amines is 1.